The van der Waals surface area contributed by atoms with Crippen molar-refractivity contribution >= 4 is 10.1 Å². The van der Waals surface area contributed by atoms with Crippen LogP contribution in [0.3, 0.4) is 0 Å². The van der Waals surface area contributed by atoms with E-state index in [-0.39, 0.29) is 5.56 Å². The summed E-state index contributed by atoms with van der Waals surface area (Å²) in [4.78, 5) is -2.05. The molecule has 112 valence electrons. The molecule has 3 nitrogen and oxygen atoms in total. The van der Waals surface area contributed by atoms with E-state index in [9.17, 15) is 26.0 Å². The van der Waals surface area contributed by atoms with Crippen molar-refractivity contribution < 1.29 is 30.5 Å². The van der Waals surface area contributed by atoms with Crippen LogP contribution in [0.2, 0.25) is 0 Å². The van der Waals surface area contributed by atoms with Crippen molar-refractivity contribution in [3.8, 4) is 11.1 Å². The topological polar surface area (TPSA) is 54.4 Å². The molecule has 0 aromatic heterocycles. The van der Waals surface area contributed by atoms with Crippen molar-refractivity contribution in [2.45, 2.75) is 11.8 Å². The Balaban J connectivity index is 2.85. The summed E-state index contributed by atoms with van der Waals surface area (Å²) in [6.07, 6.45) is 0. The largest absolute Gasteiger partial charge is 0.300 e. The molecule has 8 heteroatoms. The Kier molecular flexibility index (Phi) is 3.77. The molecule has 0 heterocycles. The monoisotopic (exact) mass is 320 g/mol. The molecular weight excluding hydrogens is 312 g/mol. The van der Waals surface area contributed by atoms with E-state index < -0.39 is 43.8 Å². The number of aryl methyl sites for hydroxylation is 1. The second-order valence-corrected chi connectivity index (χ2v) is 5.66. The second-order valence-electron chi connectivity index (χ2n) is 4.30. The van der Waals surface area contributed by atoms with Crippen LogP contribution in [-0.4, -0.2) is 13.0 Å². The zero-order chi connectivity index (χ0) is 15.9. The van der Waals surface area contributed by atoms with Crippen LogP contribution in [0.4, 0.5) is 17.6 Å². The fourth-order valence-electron chi connectivity index (χ4n) is 1.81. The molecular formula is C13H8F4O3S. The third kappa shape index (κ3) is 2.64. The van der Waals surface area contributed by atoms with E-state index in [1.54, 1.807) is 6.92 Å². The van der Waals surface area contributed by atoms with Crippen molar-refractivity contribution in [2.75, 3.05) is 0 Å². The van der Waals surface area contributed by atoms with E-state index in [4.69, 9.17) is 4.55 Å². The third-order valence-corrected chi connectivity index (χ3v) is 3.70. The van der Waals surface area contributed by atoms with Crippen LogP contribution in [0.5, 0.6) is 0 Å². The lowest BCUT2D eigenvalue weighted by molar-refractivity contribution is 0.406. The minimum Gasteiger partial charge on any atom is -0.282 e. The second kappa shape index (κ2) is 5.12. The zero-order valence-electron chi connectivity index (χ0n) is 10.5. The highest BCUT2D eigenvalue weighted by molar-refractivity contribution is 7.85. The van der Waals surface area contributed by atoms with Crippen molar-refractivity contribution in [1.29, 1.82) is 0 Å². The molecule has 0 aliphatic heterocycles. The molecule has 0 bridgehead atoms. The summed E-state index contributed by atoms with van der Waals surface area (Å²) >= 11 is 0. The molecule has 0 saturated heterocycles. The first-order chi connectivity index (χ1) is 9.64. The Hall–Kier alpha value is -1.93. The fourth-order valence-corrected chi connectivity index (χ4v) is 2.44. The van der Waals surface area contributed by atoms with Gasteiger partial charge in [0, 0.05) is 0 Å². The molecule has 0 aliphatic carbocycles. The molecule has 21 heavy (non-hydrogen) atoms. The molecule has 0 radical (unpaired) electrons. The highest BCUT2D eigenvalue weighted by Crippen LogP contribution is 2.33. The van der Waals surface area contributed by atoms with Crippen LogP contribution in [0.25, 0.3) is 11.1 Å². The highest BCUT2D eigenvalue weighted by atomic mass is 32.2. The van der Waals surface area contributed by atoms with Gasteiger partial charge in [0.1, 0.15) is 0 Å². The van der Waals surface area contributed by atoms with E-state index >= 15 is 0 Å². The minimum atomic E-state index is -5.44. The van der Waals surface area contributed by atoms with Gasteiger partial charge in [-0.15, -0.1) is 0 Å². The highest BCUT2D eigenvalue weighted by Gasteiger charge is 2.32. The Morgan fingerprint density at radius 2 is 1.29 bits per heavy atom. The molecule has 0 aliphatic rings. The van der Waals surface area contributed by atoms with E-state index in [2.05, 4.69) is 0 Å². The van der Waals surface area contributed by atoms with Gasteiger partial charge in [0.2, 0.25) is 0 Å². The number of rotatable bonds is 2. The lowest BCUT2D eigenvalue weighted by atomic mass is 10.0. The number of hydrogen-bond acceptors (Lipinski definition) is 2. The van der Waals surface area contributed by atoms with Gasteiger partial charge in [0.15, 0.2) is 28.2 Å². The predicted molar refractivity (Wildman–Crippen MR) is 66.3 cm³/mol. The summed E-state index contributed by atoms with van der Waals surface area (Å²) in [5, 5.41) is 0. The molecule has 0 unspecified atom stereocenters. The summed E-state index contributed by atoms with van der Waals surface area (Å²) < 4.78 is 85.3. The summed E-state index contributed by atoms with van der Waals surface area (Å²) in [7, 11) is -5.44. The van der Waals surface area contributed by atoms with Gasteiger partial charge in [-0.25, -0.2) is 17.6 Å². The maximum atomic E-state index is 13.9. The Bertz CT molecular complexity index is 785. The maximum absolute atomic E-state index is 13.9. The number of halogens is 4. The number of benzene rings is 2. The SMILES string of the molecule is Cc1ccc(-c2c(F)c(F)c(S(=O)(=O)O)c(F)c2F)cc1. The first kappa shape index (κ1) is 15.5. The van der Waals surface area contributed by atoms with E-state index in [0.717, 1.165) is 5.56 Å². The van der Waals surface area contributed by atoms with Crippen LogP contribution in [-0.2, 0) is 10.1 Å². The van der Waals surface area contributed by atoms with Crippen LogP contribution >= 0.6 is 0 Å². The van der Waals surface area contributed by atoms with Crippen molar-refractivity contribution in [3.05, 3.63) is 53.1 Å². The molecule has 2 aromatic rings. The van der Waals surface area contributed by atoms with E-state index in [0.29, 0.717) is 0 Å². The van der Waals surface area contributed by atoms with Gasteiger partial charge in [0.25, 0.3) is 0 Å². The van der Waals surface area contributed by atoms with Gasteiger partial charge in [0.05, 0.1) is 5.56 Å². The standard InChI is InChI=1S/C13H8F4O3S/c1-6-2-4-7(5-3-6)8-9(14)11(16)13(21(18,19)20)12(17)10(8)15/h2-5H,1H3,(H,18,19,20). The molecule has 0 spiro atoms. The van der Waals surface area contributed by atoms with E-state index in [1.165, 1.54) is 24.3 Å². The minimum absolute atomic E-state index is 0.171. The van der Waals surface area contributed by atoms with Gasteiger partial charge in [-0.05, 0) is 12.5 Å². The first-order valence-corrected chi connectivity index (χ1v) is 6.99. The van der Waals surface area contributed by atoms with Crippen LogP contribution < -0.4 is 0 Å². The summed E-state index contributed by atoms with van der Waals surface area (Å²) in [6.45, 7) is 1.69. The van der Waals surface area contributed by atoms with Crippen molar-refractivity contribution in [2.24, 2.45) is 0 Å². The lowest BCUT2D eigenvalue weighted by Gasteiger charge is -2.10. The van der Waals surface area contributed by atoms with Crippen molar-refractivity contribution in [3.63, 3.8) is 0 Å². The first-order valence-electron chi connectivity index (χ1n) is 5.55. The quantitative estimate of drug-likeness (QED) is 0.524. The summed E-state index contributed by atoms with van der Waals surface area (Å²) in [5.41, 5.74) is -0.470. The van der Waals surface area contributed by atoms with Crippen LogP contribution in [0.15, 0.2) is 29.2 Å². The Morgan fingerprint density at radius 3 is 1.67 bits per heavy atom. The lowest BCUT2D eigenvalue weighted by Crippen LogP contribution is -2.11. The maximum Gasteiger partial charge on any atom is 0.300 e. The number of hydrogen-bond donors (Lipinski definition) is 1. The Morgan fingerprint density at radius 1 is 0.857 bits per heavy atom. The summed E-state index contributed by atoms with van der Waals surface area (Å²) in [6, 6.07) is 5.37. The van der Waals surface area contributed by atoms with E-state index in [1.807, 2.05) is 0 Å². The average molecular weight is 320 g/mol. The third-order valence-electron chi connectivity index (χ3n) is 2.82. The molecule has 0 fully saturated rings. The normalized spacial score (nSPS) is 11.7. The smallest absolute Gasteiger partial charge is 0.282 e. The van der Waals surface area contributed by atoms with Crippen LogP contribution in [0, 0.1) is 30.2 Å². The molecule has 2 rings (SSSR count). The zero-order valence-corrected chi connectivity index (χ0v) is 11.3. The van der Waals surface area contributed by atoms with Gasteiger partial charge in [-0.3, -0.25) is 4.55 Å². The summed E-state index contributed by atoms with van der Waals surface area (Å²) in [5.74, 6) is -8.14. The van der Waals surface area contributed by atoms with Crippen molar-refractivity contribution in [1.82, 2.24) is 0 Å². The van der Waals surface area contributed by atoms with Crippen LogP contribution in [0.1, 0.15) is 5.56 Å². The molecule has 1 N–H and O–H groups in total. The van der Waals surface area contributed by atoms with Gasteiger partial charge in [-0.1, -0.05) is 29.8 Å². The molecule has 2 aromatic carbocycles. The fraction of sp³-hybridized carbons (Fsp3) is 0.0769. The predicted octanol–water partition coefficient (Wildman–Crippen LogP) is 3.47. The average Bonchev–Trinajstić information content (AvgIpc) is 2.37. The van der Waals surface area contributed by atoms with Gasteiger partial charge in [-0.2, -0.15) is 8.42 Å². The molecule has 0 saturated carbocycles. The molecule has 0 atom stereocenters. The van der Waals surface area contributed by atoms with Gasteiger partial charge >= 0.3 is 10.1 Å². The molecule has 0 amide bonds. The Labute approximate surface area is 117 Å². The van der Waals surface area contributed by atoms with Gasteiger partial charge < -0.3 is 0 Å².